The Labute approximate surface area is 174 Å². The van der Waals surface area contributed by atoms with Gasteiger partial charge in [-0.2, -0.15) is 5.10 Å². The lowest BCUT2D eigenvalue weighted by atomic mass is 10.1. The van der Waals surface area contributed by atoms with E-state index >= 15 is 0 Å². The molecule has 0 aliphatic carbocycles. The Morgan fingerprint density at radius 3 is 2.90 bits per heavy atom. The minimum atomic E-state index is -0.608. The third kappa shape index (κ3) is 3.85. The van der Waals surface area contributed by atoms with Crippen LogP contribution < -0.4 is 4.74 Å². The summed E-state index contributed by atoms with van der Waals surface area (Å²) in [6.07, 6.45) is 2.49. The van der Waals surface area contributed by atoms with Crippen LogP contribution in [0, 0.1) is 10.1 Å². The van der Waals surface area contributed by atoms with Crippen LogP contribution in [0.25, 0.3) is 0 Å². The van der Waals surface area contributed by atoms with Gasteiger partial charge in [0.1, 0.15) is 17.2 Å². The number of benzene rings is 1. The van der Waals surface area contributed by atoms with Crippen LogP contribution in [0.5, 0.6) is 5.75 Å². The number of amides is 1. The number of ether oxygens (including phenoxy) is 1. The highest BCUT2D eigenvalue weighted by molar-refractivity contribution is 7.10. The fourth-order valence-electron chi connectivity index (χ4n) is 3.11. The molecule has 152 valence electrons. The Morgan fingerprint density at radius 1 is 1.37 bits per heavy atom. The molecular formula is C20H15N3O6S. The fourth-order valence-corrected chi connectivity index (χ4v) is 3.92. The van der Waals surface area contributed by atoms with Gasteiger partial charge < -0.3 is 9.15 Å². The van der Waals surface area contributed by atoms with Crippen LogP contribution >= 0.6 is 11.3 Å². The van der Waals surface area contributed by atoms with Crippen LogP contribution in [-0.4, -0.2) is 34.4 Å². The molecule has 30 heavy (non-hydrogen) atoms. The van der Waals surface area contributed by atoms with Gasteiger partial charge in [-0.15, -0.1) is 11.3 Å². The van der Waals surface area contributed by atoms with E-state index in [1.165, 1.54) is 28.5 Å². The number of nitrogens with zero attached hydrogens (tertiary/aromatic N) is 3. The topological polar surface area (TPSA) is 115 Å². The van der Waals surface area contributed by atoms with Crippen molar-refractivity contribution in [2.75, 3.05) is 6.61 Å². The van der Waals surface area contributed by atoms with Crippen molar-refractivity contribution in [1.29, 1.82) is 0 Å². The summed E-state index contributed by atoms with van der Waals surface area (Å²) < 4.78 is 10.9. The zero-order valence-electron chi connectivity index (χ0n) is 15.5. The summed E-state index contributed by atoms with van der Waals surface area (Å²) in [5.41, 5.74) is 0.407. The van der Waals surface area contributed by atoms with Gasteiger partial charge in [-0.3, -0.25) is 19.7 Å². The van der Waals surface area contributed by atoms with E-state index in [-0.39, 0.29) is 29.6 Å². The predicted octanol–water partition coefficient (Wildman–Crippen LogP) is 3.82. The summed E-state index contributed by atoms with van der Waals surface area (Å²) in [5.74, 6) is 0.266. The number of furan rings is 1. The van der Waals surface area contributed by atoms with Gasteiger partial charge >= 0.3 is 0 Å². The zero-order chi connectivity index (χ0) is 21.1. The Morgan fingerprint density at radius 2 is 2.23 bits per heavy atom. The van der Waals surface area contributed by atoms with E-state index in [9.17, 15) is 19.7 Å². The van der Waals surface area contributed by atoms with Gasteiger partial charge in [-0.05, 0) is 29.6 Å². The molecule has 1 aliphatic rings. The quantitative estimate of drug-likeness (QED) is 0.323. The van der Waals surface area contributed by atoms with Gasteiger partial charge in [0, 0.05) is 23.4 Å². The molecular weight excluding hydrogens is 410 g/mol. The average molecular weight is 425 g/mol. The van der Waals surface area contributed by atoms with Crippen LogP contribution in [0.4, 0.5) is 5.69 Å². The van der Waals surface area contributed by atoms with Gasteiger partial charge in [-0.25, -0.2) is 5.01 Å². The molecule has 2 aromatic heterocycles. The maximum atomic E-state index is 12.9. The summed E-state index contributed by atoms with van der Waals surface area (Å²) in [4.78, 5) is 35.4. The van der Waals surface area contributed by atoms with Crippen molar-refractivity contribution in [1.82, 2.24) is 5.01 Å². The Kier molecular flexibility index (Phi) is 5.40. The SMILES string of the molecule is O=Cc1cc([N+](=O)[O-])ccc1OCC(=O)N1N=C(c2ccco2)CC1c1cccs1. The van der Waals surface area contributed by atoms with Crippen LogP contribution in [0.1, 0.15) is 33.5 Å². The van der Waals surface area contributed by atoms with Crippen molar-refractivity contribution < 1.29 is 23.7 Å². The van der Waals surface area contributed by atoms with E-state index in [4.69, 9.17) is 9.15 Å². The standard InChI is InChI=1S/C20H15N3O6S/c24-11-13-9-14(23(26)27)5-6-17(13)29-12-20(25)22-16(19-4-2-8-30-19)10-15(21-22)18-3-1-7-28-18/h1-9,11,16H,10,12H2. The second-order valence-corrected chi connectivity index (χ2v) is 7.36. The molecule has 1 aliphatic heterocycles. The molecule has 10 heteroatoms. The minimum Gasteiger partial charge on any atom is -0.483 e. The largest absolute Gasteiger partial charge is 0.483 e. The molecule has 1 aromatic carbocycles. The van der Waals surface area contributed by atoms with E-state index in [0.717, 1.165) is 10.9 Å². The van der Waals surface area contributed by atoms with Gasteiger partial charge in [-0.1, -0.05) is 6.07 Å². The van der Waals surface area contributed by atoms with Crippen LogP contribution in [0.15, 0.2) is 63.6 Å². The summed E-state index contributed by atoms with van der Waals surface area (Å²) >= 11 is 1.52. The number of nitro groups is 1. The smallest absolute Gasteiger partial charge is 0.281 e. The molecule has 3 aromatic rings. The van der Waals surface area contributed by atoms with Gasteiger partial charge in [0.25, 0.3) is 11.6 Å². The molecule has 0 spiro atoms. The van der Waals surface area contributed by atoms with Crippen molar-refractivity contribution in [3.8, 4) is 5.75 Å². The van der Waals surface area contributed by atoms with Crippen LogP contribution in [0.2, 0.25) is 0 Å². The summed E-state index contributed by atoms with van der Waals surface area (Å²) in [7, 11) is 0. The Balaban J connectivity index is 1.53. The van der Waals surface area contributed by atoms with E-state index < -0.39 is 10.8 Å². The monoisotopic (exact) mass is 425 g/mol. The van der Waals surface area contributed by atoms with E-state index in [2.05, 4.69) is 5.10 Å². The number of hydrogen-bond acceptors (Lipinski definition) is 8. The van der Waals surface area contributed by atoms with Gasteiger partial charge in [0.15, 0.2) is 12.9 Å². The number of hydrazone groups is 1. The second-order valence-electron chi connectivity index (χ2n) is 6.38. The van der Waals surface area contributed by atoms with Crippen LogP contribution in [-0.2, 0) is 4.79 Å². The molecule has 9 nitrogen and oxygen atoms in total. The van der Waals surface area contributed by atoms with Gasteiger partial charge in [0.2, 0.25) is 0 Å². The third-order valence-corrected chi connectivity index (χ3v) is 5.50. The normalized spacial score (nSPS) is 15.7. The molecule has 1 atom stereocenters. The molecule has 0 radical (unpaired) electrons. The first-order valence-corrected chi connectivity index (χ1v) is 9.78. The number of non-ortho nitro benzene ring substituents is 1. The van der Waals surface area contributed by atoms with Crippen LogP contribution in [0.3, 0.4) is 0 Å². The van der Waals surface area contributed by atoms with E-state index in [1.807, 2.05) is 17.5 Å². The highest BCUT2D eigenvalue weighted by Gasteiger charge is 2.34. The summed E-state index contributed by atoms with van der Waals surface area (Å²) in [6, 6.07) is 10.7. The number of hydrogen-bond donors (Lipinski definition) is 0. The molecule has 1 amide bonds. The number of carbonyl (C=O) groups excluding carboxylic acids is 2. The first-order chi connectivity index (χ1) is 14.6. The number of aldehydes is 1. The Bertz CT molecular complexity index is 1110. The van der Waals surface area contributed by atoms with E-state index in [1.54, 1.807) is 18.4 Å². The molecule has 0 saturated carbocycles. The Hall–Kier alpha value is -3.79. The summed E-state index contributed by atoms with van der Waals surface area (Å²) in [5, 5.41) is 18.6. The third-order valence-electron chi connectivity index (χ3n) is 4.53. The summed E-state index contributed by atoms with van der Waals surface area (Å²) in [6.45, 7) is -0.380. The highest BCUT2D eigenvalue weighted by Crippen LogP contribution is 2.35. The van der Waals surface area contributed by atoms with Crippen molar-refractivity contribution >= 4 is 34.9 Å². The lowest BCUT2D eigenvalue weighted by Gasteiger charge is -2.20. The molecule has 0 saturated heterocycles. The average Bonchev–Trinajstić information content (AvgIpc) is 3.51. The lowest BCUT2D eigenvalue weighted by molar-refractivity contribution is -0.384. The predicted molar refractivity (Wildman–Crippen MR) is 108 cm³/mol. The highest BCUT2D eigenvalue weighted by atomic mass is 32.1. The van der Waals surface area contributed by atoms with Gasteiger partial charge in [0.05, 0.1) is 22.8 Å². The first kappa shape index (κ1) is 19.5. The van der Waals surface area contributed by atoms with Crippen molar-refractivity contribution in [2.24, 2.45) is 5.10 Å². The van der Waals surface area contributed by atoms with Crippen molar-refractivity contribution in [2.45, 2.75) is 12.5 Å². The number of rotatable bonds is 7. The number of thiophene rings is 1. The molecule has 4 rings (SSSR count). The number of nitro benzene ring substituents is 1. The zero-order valence-corrected chi connectivity index (χ0v) is 16.3. The minimum absolute atomic E-state index is 0.00648. The molecule has 0 N–H and O–H groups in total. The van der Waals surface area contributed by atoms with Crippen molar-refractivity contribution in [3.05, 3.63) is 80.4 Å². The maximum Gasteiger partial charge on any atom is 0.281 e. The second kappa shape index (κ2) is 8.29. The fraction of sp³-hybridized carbons (Fsp3) is 0.150. The van der Waals surface area contributed by atoms with E-state index in [0.29, 0.717) is 24.2 Å². The first-order valence-electron chi connectivity index (χ1n) is 8.90. The molecule has 1 unspecified atom stereocenters. The molecule has 0 fully saturated rings. The number of carbonyl (C=O) groups is 2. The lowest BCUT2D eigenvalue weighted by Crippen LogP contribution is -2.31. The molecule has 0 bridgehead atoms. The van der Waals surface area contributed by atoms with Crippen molar-refractivity contribution in [3.63, 3.8) is 0 Å². The molecule has 3 heterocycles. The maximum absolute atomic E-state index is 12.9.